The normalized spacial score (nSPS) is 13.8. The molecule has 0 unspecified atom stereocenters. The van der Waals surface area contributed by atoms with E-state index < -0.39 is 0 Å². The molecule has 0 radical (unpaired) electrons. The van der Waals surface area contributed by atoms with Crippen molar-refractivity contribution in [2.75, 3.05) is 30.8 Å². The number of rotatable bonds is 4. The zero-order valence-electron chi connectivity index (χ0n) is 15.4. The molecule has 1 heterocycles. The monoisotopic (exact) mass is 421 g/mol. The van der Waals surface area contributed by atoms with E-state index in [9.17, 15) is 9.59 Å². The van der Waals surface area contributed by atoms with Crippen LogP contribution in [0.2, 0.25) is 10.0 Å². The van der Waals surface area contributed by atoms with E-state index >= 15 is 0 Å². The predicted molar refractivity (Wildman–Crippen MR) is 112 cm³/mol. The van der Waals surface area contributed by atoms with Gasteiger partial charge in [0.2, 0.25) is 0 Å². The molecule has 1 fully saturated rings. The maximum Gasteiger partial charge on any atom is 0.321 e. The Labute approximate surface area is 173 Å². The number of anilines is 2. The molecule has 3 rings (SSSR count). The lowest BCUT2D eigenvalue weighted by Crippen LogP contribution is -2.38. The second-order valence-corrected chi connectivity index (χ2v) is 7.29. The van der Waals surface area contributed by atoms with Gasteiger partial charge in [0.05, 0.1) is 22.8 Å². The topological polar surface area (TPSA) is 70.7 Å². The van der Waals surface area contributed by atoms with Crippen molar-refractivity contribution in [1.82, 2.24) is 4.90 Å². The number of benzene rings is 2. The Kier molecular flexibility index (Phi) is 6.65. The molecule has 1 aliphatic rings. The predicted octanol–water partition coefficient (Wildman–Crippen LogP) is 5.27. The third kappa shape index (κ3) is 4.88. The molecule has 8 heteroatoms. The number of likely N-dealkylation sites (tertiary alicyclic amines) is 1. The summed E-state index contributed by atoms with van der Waals surface area (Å²) in [5, 5.41) is 6.37. The first-order valence-electron chi connectivity index (χ1n) is 8.98. The minimum absolute atomic E-state index is 0.194. The molecule has 2 aromatic carbocycles. The first-order chi connectivity index (χ1) is 13.5. The molecule has 2 aromatic rings. The van der Waals surface area contributed by atoms with Crippen molar-refractivity contribution < 1.29 is 14.3 Å². The van der Waals surface area contributed by atoms with E-state index in [1.165, 1.54) is 7.11 Å². The van der Waals surface area contributed by atoms with Crippen LogP contribution < -0.4 is 15.4 Å². The van der Waals surface area contributed by atoms with E-state index in [-0.39, 0.29) is 11.9 Å². The average molecular weight is 422 g/mol. The Bertz CT molecular complexity index is 883. The number of urea groups is 1. The summed E-state index contributed by atoms with van der Waals surface area (Å²) in [6, 6.07) is 9.52. The molecule has 0 saturated carbocycles. The lowest BCUT2D eigenvalue weighted by Gasteiger charge is -2.27. The van der Waals surface area contributed by atoms with E-state index in [2.05, 4.69) is 10.6 Å². The molecule has 6 nitrogen and oxygen atoms in total. The summed E-state index contributed by atoms with van der Waals surface area (Å²) in [7, 11) is 1.52. The maximum absolute atomic E-state index is 12.6. The largest absolute Gasteiger partial charge is 0.495 e. The minimum atomic E-state index is -0.338. The Morgan fingerprint density at radius 1 is 0.964 bits per heavy atom. The van der Waals surface area contributed by atoms with Gasteiger partial charge in [0.15, 0.2) is 0 Å². The molecule has 0 aliphatic carbocycles. The van der Waals surface area contributed by atoms with Crippen LogP contribution >= 0.6 is 23.2 Å². The fourth-order valence-electron chi connectivity index (χ4n) is 3.02. The van der Waals surface area contributed by atoms with Gasteiger partial charge < -0.3 is 20.3 Å². The van der Waals surface area contributed by atoms with Crippen LogP contribution in [-0.2, 0) is 0 Å². The third-order valence-electron chi connectivity index (χ3n) is 4.52. The van der Waals surface area contributed by atoms with Crippen LogP contribution in [0.15, 0.2) is 36.4 Å². The molecule has 0 aromatic heterocycles. The van der Waals surface area contributed by atoms with Gasteiger partial charge in [-0.05, 0) is 55.7 Å². The lowest BCUT2D eigenvalue weighted by molar-refractivity contribution is 0.102. The van der Waals surface area contributed by atoms with Gasteiger partial charge in [0.1, 0.15) is 5.75 Å². The highest BCUT2D eigenvalue weighted by Crippen LogP contribution is 2.28. The number of amides is 3. The second-order valence-electron chi connectivity index (χ2n) is 6.48. The summed E-state index contributed by atoms with van der Waals surface area (Å²) < 4.78 is 5.32. The SMILES string of the molecule is COc1ccc(C(=O)Nc2ccc(Cl)c(Cl)c2)cc1NC(=O)N1CCCCC1. The number of carbonyl (C=O) groups is 2. The average Bonchev–Trinajstić information content (AvgIpc) is 2.71. The van der Waals surface area contributed by atoms with Crippen molar-refractivity contribution in [3.05, 3.63) is 52.0 Å². The van der Waals surface area contributed by atoms with Gasteiger partial charge in [0.25, 0.3) is 5.91 Å². The number of nitrogens with zero attached hydrogens (tertiary/aromatic N) is 1. The molecule has 3 amide bonds. The lowest BCUT2D eigenvalue weighted by atomic mass is 10.1. The van der Waals surface area contributed by atoms with Crippen LogP contribution in [0.25, 0.3) is 0 Å². The van der Waals surface area contributed by atoms with E-state index in [4.69, 9.17) is 27.9 Å². The number of hydrogen-bond acceptors (Lipinski definition) is 3. The smallest absolute Gasteiger partial charge is 0.321 e. The van der Waals surface area contributed by atoms with Gasteiger partial charge in [-0.3, -0.25) is 4.79 Å². The molecule has 1 aliphatic heterocycles. The summed E-state index contributed by atoms with van der Waals surface area (Å²) in [6.07, 6.45) is 3.13. The number of carbonyl (C=O) groups excluding carboxylic acids is 2. The second kappa shape index (κ2) is 9.17. The standard InChI is InChI=1S/C20H21Cl2N3O3/c1-28-18-8-5-13(19(26)23-14-6-7-15(21)16(22)12-14)11-17(18)24-20(27)25-9-3-2-4-10-25/h5-8,11-12H,2-4,9-10H2,1H3,(H,23,26)(H,24,27). The van der Waals surface area contributed by atoms with Crippen molar-refractivity contribution in [3.63, 3.8) is 0 Å². The summed E-state index contributed by atoms with van der Waals surface area (Å²) >= 11 is 11.9. The van der Waals surface area contributed by atoms with Crippen molar-refractivity contribution >= 4 is 46.5 Å². The highest BCUT2D eigenvalue weighted by Gasteiger charge is 2.19. The molecule has 1 saturated heterocycles. The maximum atomic E-state index is 12.6. The first kappa shape index (κ1) is 20.3. The number of methoxy groups -OCH3 is 1. The van der Waals surface area contributed by atoms with Crippen molar-refractivity contribution in [1.29, 1.82) is 0 Å². The molecule has 0 atom stereocenters. The summed E-state index contributed by atoms with van der Waals surface area (Å²) in [4.78, 5) is 26.9. The number of hydrogen-bond donors (Lipinski definition) is 2. The molecular formula is C20H21Cl2N3O3. The molecule has 0 spiro atoms. The highest BCUT2D eigenvalue weighted by molar-refractivity contribution is 6.42. The van der Waals surface area contributed by atoms with Gasteiger partial charge >= 0.3 is 6.03 Å². The van der Waals surface area contributed by atoms with Crippen LogP contribution in [-0.4, -0.2) is 37.0 Å². The Morgan fingerprint density at radius 2 is 1.71 bits per heavy atom. The van der Waals surface area contributed by atoms with Gasteiger partial charge in [-0.2, -0.15) is 0 Å². The molecule has 0 bridgehead atoms. The highest BCUT2D eigenvalue weighted by atomic mass is 35.5. The summed E-state index contributed by atoms with van der Waals surface area (Å²) in [6.45, 7) is 1.46. The zero-order chi connectivity index (χ0) is 20.1. The van der Waals surface area contributed by atoms with Crippen LogP contribution in [0.4, 0.5) is 16.2 Å². The number of nitrogens with one attached hydrogen (secondary N) is 2. The number of halogens is 2. The van der Waals surface area contributed by atoms with Crippen LogP contribution in [0.1, 0.15) is 29.6 Å². The van der Waals surface area contributed by atoms with Gasteiger partial charge in [0, 0.05) is 24.3 Å². The Morgan fingerprint density at radius 3 is 2.39 bits per heavy atom. The van der Waals surface area contributed by atoms with Gasteiger partial charge in [-0.25, -0.2) is 4.79 Å². The Balaban J connectivity index is 1.76. The minimum Gasteiger partial charge on any atom is -0.495 e. The Hall–Kier alpha value is -2.44. The molecule has 28 heavy (non-hydrogen) atoms. The first-order valence-corrected chi connectivity index (χ1v) is 9.74. The zero-order valence-corrected chi connectivity index (χ0v) is 16.9. The fourth-order valence-corrected chi connectivity index (χ4v) is 3.31. The number of piperidine rings is 1. The van der Waals surface area contributed by atoms with Crippen LogP contribution in [0, 0.1) is 0 Å². The quantitative estimate of drug-likeness (QED) is 0.705. The number of ether oxygens (including phenoxy) is 1. The van der Waals surface area contributed by atoms with Gasteiger partial charge in [-0.1, -0.05) is 23.2 Å². The van der Waals surface area contributed by atoms with Crippen LogP contribution in [0.3, 0.4) is 0 Å². The van der Waals surface area contributed by atoms with E-state index in [1.807, 2.05) is 0 Å². The van der Waals surface area contributed by atoms with E-state index in [0.29, 0.717) is 32.7 Å². The summed E-state index contributed by atoms with van der Waals surface area (Å²) in [5.41, 5.74) is 1.34. The molecular weight excluding hydrogens is 401 g/mol. The van der Waals surface area contributed by atoms with Crippen molar-refractivity contribution in [2.45, 2.75) is 19.3 Å². The third-order valence-corrected chi connectivity index (χ3v) is 5.26. The molecule has 2 N–H and O–H groups in total. The van der Waals surface area contributed by atoms with E-state index in [0.717, 1.165) is 32.4 Å². The van der Waals surface area contributed by atoms with Crippen molar-refractivity contribution in [3.8, 4) is 5.75 Å². The fraction of sp³-hybridized carbons (Fsp3) is 0.300. The van der Waals surface area contributed by atoms with E-state index in [1.54, 1.807) is 41.3 Å². The van der Waals surface area contributed by atoms with Gasteiger partial charge in [-0.15, -0.1) is 0 Å². The van der Waals surface area contributed by atoms with Crippen LogP contribution in [0.5, 0.6) is 5.75 Å². The van der Waals surface area contributed by atoms with Crippen molar-refractivity contribution in [2.24, 2.45) is 0 Å². The summed E-state index contributed by atoms with van der Waals surface area (Å²) in [5.74, 6) is 0.144. The molecule has 148 valence electrons.